The van der Waals surface area contributed by atoms with Crippen LogP contribution in [-0.4, -0.2) is 36.3 Å². The first kappa shape index (κ1) is 15.0. The number of aryl methyl sites for hydroxylation is 1. The van der Waals surface area contributed by atoms with E-state index in [0.29, 0.717) is 5.56 Å². The second-order valence-electron chi connectivity index (χ2n) is 6.07. The number of aromatic nitrogens is 1. The number of nitrogens with one attached hydrogen (secondary N) is 1. The molecule has 0 spiro atoms. The van der Waals surface area contributed by atoms with Crippen molar-refractivity contribution in [2.24, 2.45) is 0 Å². The maximum absolute atomic E-state index is 11.7. The second kappa shape index (κ2) is 4.86. The number of carbonyl (C=O) groups is 1. The van der Waals surface area contributed by atoms with Crippen molar-refractivity contribution >= 4 is 18.5 Å². The molecule has 1 aromatic heterocycles. The van der Waals surface area contributed by atoms with Crippen LogP contribution >= 0.6 is 0 Å². The Labute approximate surface area is 120 Å². The van der Waals surface area contributed by atoms with Crippen LogP contribution < -0.4 is 10.8 Å². The molecule has 0 bridgehead atoms. The summed E-state index contributed by atoms with van der Waals surface area (Å²) in [5.74, 6) is -0.171. The van der Waals surface area contributed by atoms with E-state index in [0.717, 1.165) is 11.2 Å². The summed E-state index contributed by atoms with van der Waals surface area (Å²) in [5.41, 5.74) is 1.28. The van der Waals surface area contributed by atoms with Crippen LogP contribution in [-0.2, 0) is 9.31 Å². The third-order valence-electron chi connectivity index (χ3n) is 4.12. The van der Waals surface area contributed by atoms with Gasteiger partial charge in [0.1, 0.15) is 0 Å². The number of hydrogen-bond donors (Lipinski definition) is 1. The van der Waals surface area contributed by atoms with Crippen LogP contribution in [0.4, 0.5) is 0 Å². The van der Waals surface area contributed by atoms with E-state index in [1.54, 1.807) is 19.3 Å². The molecule has 0 saturated carbocycles. The fraction of sp³-hybridized carbons (Fsp3) is 0.571. The molecule has 1 fully saturated rings. The Kier molecular flexibility index (Phi) is 3.65. The zero-order valence-corrected chi connectivity index (χ0v) is 12.9. The molecule has 5 nitrogen and oxygen atoms in total. The summed E-state index contributed by atoms with van der Waals surface area (Å²) < 4.78 is 12.0. The zero-order chi connectivity index (χ0) is 15.1. The van der Waals surface area contributed by atoms with Crippen LogP contribution in [0, 0.1) is 6.92 Å². The Bertz CT molecular complexity index is 527. The van der Waals surface area contributed by atoms with Gasteiger partial charge < -0.3 is 14.6 Å². The van der Waals surface area contributed by atoms with Crippen LogP contribution in [0.3, 0.4) is 0 Å². The lowest BCUT2D eigenvalue weighted by Crippen LogP contribution is -2.41. The van der Waals surface area contributed by atoms with Gasteiger partial charge in [0.15, 0.2) is 0 Å². The first-order valence-corrected chi connectivity index (χ1v) is 6.72. The second-order valence-corrected chi connectivity index (χ2v) is 6.07. The van der Waals surface area contributed by atoms with Gasteiger partial charge in [-0.1, -0.05) is 0 Å². The number of pyridine rings is 1. The van der Waals surface area contributed by atoms with Crippen LogP contribution in [0.15, 0.2) is 12.3 Å². The fourth-order valence-corrected chi connectivity index (χ4v) is 2.03. The SMILES string of the molecule is CNC(=O)c1cnc(C)c(B2OC(C)(C)C(C)(C)O2)c1. The van der Waals surface area contributed by atoms with Gasteiger partial charge in [-0.15, -0.1) is 0 Å². The lowest BCUT2D eigenvalue weighted by Gasteiger charge is -2.32. The van der Waals surface area contributed by atoms with E-state index < -0.39 is 18.3 Å². The molecule has 2 heterocycles. The average Bonchev–Trinajstić information content (AvgIpc) is 2.58. The summed E-state index contributed by atoms with van der Waals surface area (Å²) in [4.78, 5) is 16.0. The van der Waals surface area contributed by atoms with Crippen LogP contribution in [0.1, 0.15) is 43.7 Å². The molecule has 6 heteroatoms. The van der Waals surface area contributed by atoms with Gasteiger partial charge in [-0.3, -0.25) is 9.78 Å². The number of nitrogens with zero attached hydrogens (tertiary/aromatic N) is 1. The molecule has 1 amide bonds. The number of amides is 1. The predicted molar refractivity (Wildman–Crippen MR) is 78.1 cm³/mol. The highest BCUT2D eigenvalue weighted by Gasteiger charge is 2.52. The van der Waals surface area contributed by atoms with Gasteiger partial charge >= 0.3 is 7.12 Å². The Hall–Kier alpha value is -1.40. The molecule has 1 aromatic rings. The topological polar surface area (TPSA) is 60.5 Å². The molecule has 1 aliphatic heterocycles. The Morgan fingerprint density at radius 2 is 1.80 bits per heavy atom. The lowest BCUT2D eigenvalue weighted by atomic mass is 9.77. The highest BCUT2D eigenvalue weighted by Crippen LogP contribution is 2.36. The van der Waals surface area contributed by atoms with Gasteiger partial charge in [-0.25, -0.2) is 0 Å². The van der Waals surface area contributed by atoms with Gasteiger partial charge in [0.25, 0.3) is 5.91 Å². The molecule has 1 aliphatic rings. The highest BCUT2D eigenvalue weighted by atomic mass is 16.7. The van der Waals surface area contributed by atoms with Gasteiger partial charge in [0.2, 0.25) is 0 Å². The molecule has 1 N–H and O–H groups in total. The fourth-order valence-electron chi connectivity index (χ4n) is 2.03. The molecule has 1 saturated heterocycles. The number of hydrogen-bond acceptors (Lipinski definition) is 4. The van der Waals surface area contributed by atoms with Gasteiger partial charge in [0.05, 0.1) is 16.8 Å². The standard InChI is InChI=1S/C14H21BN2O3/c1-9-11(7-10(8-17-9)12(18)16-6)15-19-13(2,3)14(4,5)20-15/h7-8H,1-6H3,(H,16,18). The van der Waals surface area contributed by atoms with Crippen molar-refractivity contribution in [3.63, 3.8) is 0 Å². The maximum atomic E-state index is 11.7. The van der Waals surface area contributed by atoms with Crippen molar-refractivity contribution in [2.45, 2.75) is 45.8 Å². The van der Waals surface area contributed by atoms with E-state index >= 15 is 0 Å². The van der Waals surface area contributed by atoms with Crippen LogP contribution in [0.5, 0.6) is 0 Å². The Balaban J connectivity index is 2.37. The summed E-state index contributed by atoms with van der Waals surface area (Å²) in [5, 5.41) is 2.59. The summed E-state index contributed by atoms with van der Waals surface area (Å²) in [6.07, 6.45) is 1.56. The molecule has 0 atom stereocenters. The maximum Gasteiger partial charge on any atom is 0.496 e. The van der Waals surface area contributed by atoms with E-state index in [1.165, 1.54) is 0 Å². The molecule has 0 radical (unpaired) electrons. The molecule has 0 aliphatic carbocycles. The Morgan fingerprint density at radius 1 is 1.25 bits per heavy atom. The number of rotatable bonds is 2. The average molecular weight is 276 g/mol. The van der Waals surface area contributed by atoms with Crippen molar-refractivity contribution < 1.29 is 14.1 Å². The zero-order valence-electron chi connectivity index (χ0n) is 12.9. The molecule has 2 rings (SSSR count). The van der Waals surface area contributed by atoms with Gasteiger partial charge in [0, 0.05) is 24.4 Å². The smallest absolute Gasteiger partial charge is 0.399 e. The third-order valence-corrected chi connectivity index (χ3v) is 4.12. The molecule has 0 unspecified atom stereocenters. The first-order valence-electron chi connectivity index (χ1n) is 6.72. The van der Waals surface area contributed by atoms with Crippen LogP contribution in [0.25, 0.3) is 0 Å². The van der Waals surface area contributed by atoms with E-state index in [-0.39, 0.29) is 5.91 Å². The molecule has 108 valence electrons. The van der Waals surface area contributed by atoms with Crippen molar-refractivity contribution in [3.8, 4) is 0 Å². The Morgan fingerprint density at radius 3 is 2.30 bits per heavy atom. The van der Waals surface area contributed by atoms with Crippen molar-refractivity contribution in [1.29, 1.82) is 0 Å². The summed E-state index contributed by atoms with van der Waals surface area (Å²) in [7, 11) is 1.09. The first-order chi connectivity index (χ1) is 9.18. The summed E-state index contributed by atoms with van der Waals surface area (Å²) in [6.45, 7) is 9.88. The minimum absolute atomic E-state index is 0.171. The largest absolute Gasteiger partial charge is 0.496 e. The van der Waals surface area contributed by atoms with E-state index in [9.17, 15) is 4.79 Å². The molecule has 20 heavy (non-hydrogen) atoms. The molecule has 0 aromatic carbocycles. The quantitative estimate of drug-likeness (QED) is 0.820. The molecular weight excluding hydrogens is 255 g/mol. The predicted octanol–water partition coefficient (Wildman–Crippen LogP) is 1.05. The van der Waals surface area contributed by atoms with Crippen LogP contribution in [0.2, 0.25) is 0 Å². The summed E-state index contributed by atoms with van der Waals surface area (Å²) in [6, 6.07) is 1.78. The van der Waals surface area contributed by atoms with E-state index in [1.807, 2.05) is 34.6 Å². The van der Waals surface area contributed by atoms with E-state index in [2.05, 4.69) is 10.3 Å². The third kappa shape index (κ3) is 2.45. The summed E-state index contributed by atoms with van der Waals surface area (Å²) >= 11 is 0. The van der Waals surface area contributed by atoms with Crippen molar-refractivity contribution in [3.05, 3.63) is 23.5 Å². The minimum Gasteiger partial charge on any atom is -0.399 e. The number of carbonyl (C=O) groups excluding carboxylic acids is 1. The highest BCUT2D eigenvalue weighted by molar-refractivity contribution is 6.62. The minimum atomic E-state index is -0.503. The van der Waals surface area contributed by atoms with Crippen molar-refractivity contribution in [1.82, 2.24) is 10.3 Å². The monoisotopic (exact) mass is 276 g/mol. The van der Waals surface area contributed by atoms with E-state index in [4.69, 9.17) is 9.31 Å². The lowest BCUT2D eigenvalue weighted by molar-refractivity contribution is 0.00578. The van der Waals surface area contributed by atoms with Gasteiger partial charge in [-0.05, 0) is 40.7 Å². The van der Waals surface area contributed by atoms with Gasteiger partial charge in [-0.2, -0.15) is 0 Å². The van der Waals surface area contributed by atoms with Crippen molar-refractivity contribution in [2.75, 3.05) is 7.05 Å². The normalized spacial score (nSPS) is 20.0. The molecular formula is C14H21BN2O3.